The zero-order chi connectivity index (χ0) is 24.5. The van der Waals surface area contributed by atoms with Crippen molar-refractivity contribution in [3.8, 4) is 5.69 Å². The van der Waals surface area contributed by atoms with Gasteiger partial charge in [0.05, 0.1) is 17.5 Å². The minimum Gasteiger partial charge on any atom is -0.444 e. The van der Waals surface area contributed by atoms with Gasteiger partial charge in [-0.2, -0.15) is 5.10 Å². The van der Waals surface area contributed by atoms with E-state index in [0.29, 0.717) is 36.8 Å². The van der Waals surface area contributed by atoms with Crippen molar-refractivity contribution >= 4 is 28.5 Å². The SMILES string of the molecule is CC(C)(C)OC(=O)N1CCC(c2c(C(=O)Nc3nccs3)cnn2-c2ccc(F)cc2F)CC1. The van der Waals surface area contributed by atoms with E-state index in [-0.39, 0.29) is 17.2 Å². The lowest BCUT2D eigenvalue weighted by Gasteiger charge is -2.34. The fourth-order valence-electron chi connectivity index (χ4n) is 3.88. The Hall–Kier alpha value is -3.34. The molecule has 3 heterocycles. The van der Waals surface area contributed by atoms with Crippen molar-refractivity contribution < 1.29 is 23.1 Å². The summed E-state index contributed by atoms with van der Waals surface area (Å²) in [4.78, 5) is 31.2. The predicted molar refractivity (Wildman–Crippen MR) is 123 cm³/mol. The van der Waals surface area contributed by atoms with Gasteiger partial charge in [-0.15, -0.1) is 11.3 Å². The van der Waals surface area contributed by atoms with E-state index in [1.54, 1.807) is 37.2 Å². The number of likely N-dealkylation sites (tertiary alicyclic amines) is 1. The molecule has 8 nitrogen and oxygen atoms in total. The minimum absolute atomic E-state index is 0.0410. The first-order chi connectivity index (χ1) is 16.1. The summed E-state index contributed by atoms with van der Waals surface area (Å²) in [5, 5.41) is 9.18. The van der Waals surface area contributed by atoms with Crippen LogP contribution >= 0.6 is 11.3 Å². The van der Waals surface area contributed by atoms with E-state index in [1.165, 1.54) is 28.3 Å². The summed E-state index contributed by atoms with van der Waals surface area (Å²) in [6, 6.07) is 3.21. The lowest BCUT2D eigenvalue weighted by atomic mass is 9.91. The van der Waals surface area contributed by atoms with Crippen molar-refractivity contribution in [3.05, 3.63) is 58.9 Å². The summed E-state index contributed by atoms with van der Waals surface area (Å²) in [5.74, 6) is -2.11. The van der Waals surface area contributed by atoms with Crippen molar-refractivity contribution in [1.82, 2.24) is 19.7 Å². The Balaban J connectivity index is 1.63. The molecular formula is C23H25F2N5O3S. The second kappa shape index (κ2) is 9.49. The topological polar surface area (TPSA) is 89.3 Å². The molecule has 0 aliphatic carbocycles. The second-order valence-corrected chi connectivity index (χ2v) is 9.88. The number of nitrogens with one attached hydrogen (secondary N) is 1. The van der Waals surface area contributed by atoms with Gasteiger partial charge in [0.25, 0.3) is 5.91 Å². The molecule has 0 atom stereocenters. The highest BCUT2D eigenvalue weighted by Gasteiger charge is 2.32. The highest BCUT2D eigenvalue weighted by molar-refractivity contribution is 7.13. The molecule has 0 saturated carbocycles. The van der Waals surface area contributed by atoms with Gasteiger partial charge in [-0.05, 0) is 45.7 Å². The van der Waals surface area contributed by atoms with Gasteiger partial charge in [0.15, 0.2) is 10.9 Å². The normalized spacial score (nSPS) is 14.8. The van der Waals surface area contributed by atoms with E-state index in [2.05, 4.69) is 15.4 Å². The van der Waals surface area contributed by atoms with Crippen molar-refractivity contribution in [2.24, 2.45) is 0 Å². The first kappa shape index (κ1) is 23.8. The number of carbonyl (C=O) groups is 2. The molecule has 1 fully saturated rings. The van der Waals surface area contributed by atoms with Crippen LogP contribution in [-0.2, 0) is 4.74 Å². The second-order valence-electron chi connectivity index (χ2n) is 8.98. The van der Waals surface area contributed by atoms with Gasteiger partial charge in [-0.1, -0.05) is 0 Å². The number of carbonyl (C=O) groups excluding carboxylic acids is 2. The molecule has 4 rings (SSSR count). The van der Waals surface area contributed by atoms with Crippen LogP contribution in [0, 0.1) is 11.6 Å². The van der Waals surface area contributed by atoms with Gasteiger partial charge in [0, 0.05) is 36.7 Å². The van der Waals surface area contributed by atoms with Crippen LogP contribution in [0.2, 0.25) is 0 Å². The summed E-state index contributed by atoms with van der Waals surface area (Å²) >= 11 is 1.27. The monoisotopic (exact) mass is 489 g/mol. The molecule has 2 aromatic heterocycles. The molecule has 1 saturated heterocycles. The Morgan fingerprint density at radius 2 is 1.94 bits per heavy atom. The average Bonchev–Trinajstić information content (AvgIpc) is 3.42. The quantitative estimate of drug-likeness (QED) is 0.559. The minimum atomic E-state index is -0.789. The van der Waals surface area contributed by atoms with E-state index in [4.69, 9.17) is 4.74 Å². The lowest BCUT2D eigenvalue weighted by molar-refractivity contribution is 0.0203. The average molecular weight is 490 g/mol. The first-order valence-electron chi connectivity index (χ1n) is 10.8. The summed E-state index contributed by atoms with van der Waals surface area (Å²) in [5.41, 5.74) is 0.214. The molecule has 1 aliphatic rings. The highest BCUT2D eigenvalue weighted by Crippen LogP contribution is 2.33. The Labute approximate surface area is 199 Å². The van der Waals surface area contributed by atoms with Crippen molar-refractivity contribution in [1.29, 1.82) is 0 Å². The third-order valence-electron chi connectivity index (χ3n) is 5.38. The van der Waals surface area contributed by atoms with Gasteiger partial charge >= 0.3 is 6.09 Å². The summed E-state index contributed by atoms with van der Waals surface area (Å²) in [7, 11) is 0. The lowest BCUT2D eigenvalue weighted by Crippen LogP contribution is -2.41. The van der Waals surface area contributed by atoms with Crippen molar-refractivity contribution in [2.45, 2.75) is 45.1 Å². The number of nitrogens with zero attached hydrogens (tertiary/aromatic N) is 4. The Morgan fingerprint density at radius 1 is 1.21 bits per heavy atom. The number of amides is 2. The number of halogens is 2. The number of thiazole rings is 1. The number of hydrogen-bond acceptors (Lipinski definition) is 6. The predicted octanol–water partition coefficient (Wildman–Crippen LogP) is 4.97. The number of rotatable bonds is 4. The molecule has 3 aromatic rings. The fraction of sp³-hybridized carbons (Fsp3) is 0.391. The molecular weight excluding hydrogens is 464 g/mol. The maximum atomic E-state index is 14.6. The van der Waals surface area contributed by atoms with Gasteiger partial charge in [-0.25, -0.2) is 23.2 Å². The van der Waals surface area contributed by atoms with Crippen LogP contribution in [-0.4, -0.2) is 50.4 Å². The Bertz CT molecular complexity index is 1180. The maximum Gasteiger partial charge on any atom is 0.410 e. The third kappa shape index (κ3) is 5.24. The number of piperidine rings is 1. The number of hydrogen-bond donors (Lipinski definition) is 1. The highest BCUT2D eigenvalue weighted by atomic mass is 32.1. The van der Waals surface area contributed by atoms with E-state index >= 15 is 0 Å². The Kier molecular flexibility index (Phi) is 6.65. The molecule has 34 heavy (non-hydrogen) atoms. The van der Waals surface area contributed by atoms with Crippen LogP contribution in [0.4, 0.5) is 18.7 Å². The van der Waals surface area contributed by atoms with Gasteiger partial charge in [-0.3, -0.25) is 10.1 Å². The number of ether oxygens (including phenoxy) is 1. The first-order valence-corrected chi connectivity index (χ1v) is 11.7. The number of benzene rings is 1. The molecule has 1 N–H and O–H groups in total. The molecule has 0 spiro atoms. The van der Waals surface area contributed by atoms with Crippen molar-refractivity contribution in [3.63, 3.8) is 0 Å². The van der Waals surface area contributed by atoms with E-state index in [1.807, 2.05) is 0 Å². The van der Waals surface area contributed by atoms with Crippen LogP contribution in [0.5, 0.6) is 0 Å². The number of aromatic nitrogens is 3. The zero-order valence-electron chi connectivity index (χ0n) is 19.0. The summed E-state index contributed by atoms with van der Waals surface area (Å²) < 4.78 is 35.0. The van der Waals surface area contributed by atoms with Crippen LogP contribution < -0.4 is 5.32 Å². The molecule has 11 heteroatoms. The van der Waals surface area contributed by atoms with Crippen LogP contribution in [0.15, 0.2) is 36.0 Å². The largest absolute Gasteiger partial charge is 0.444 e. The number of anilines is 1. The molecule has 0 bridgehead atoms. The molecule has 180 valence electrons. The standard InChI is InChI=1S/C23H25F2N5O3S/c1-23(2,3)33-22(32)29-9-6-14(7-10-29)19-16(20(31)28-21-26-8-11-34-21)13-27-30(19)18-5-4-15(24)12-17(18)25/h4-5,8,11-14H,6-7,9-10H2,1-3H3,(H,26,28,31). The third-order valence-corrected chi connectivity index (χ3v) is 6.06. The van der Waals surface area contributed by atoms with E-state index in [9.17, 15) is 18.4 Å². The van der Waals surface area contributed by atoms with Crippen LogP contribution in [0.3, 0.4) is 0 Å². The molecule has 1 aliphatic heterocycles. The molecule has 1 aromatic carbocycles. The van der Waals surface area contributed by atoms with E-state index in [0.717, 1.165) is 12.1 Å². The zero-order valence-corrected chi connectivity index (χ0v) is 19.9. The smallest absolute Gasteiger partial charge is 0.410 e. The molecule has 0 radical (unpaired) electrons. The summed E-state index contributed by atoms with van der Waals surface area (Å²) in [6.07, 6.45) is 3.59. The van der Waals surface area contributed by atoms with Crippen LogP contribution in [0.25, 0.3) is 5.69 Å². The molecule has 0 unspecified atom stereocenters. The fourth-order valence-corrected chi connectivity index (χ4v) is 4.41. The van der Waals surface area contributed by atoms with Gasteiger partial charge in [0.2, 0.25) is 0 Å². The van der Waals surface area contributed by atoms with Crippen molar-refractivity contribution in [2.75, 3.05) is 18.4 Å². The van der Waals surface area contributed by atoms with E-state index < -0.39 is 29.2 Å². The van der Waals surface area contributed by atoms with Gasteiger partial charge < -0.3 is 9.64 Å². The Morgan fingerprint density at radius 3 is 2.56 bits per heavy atom. The summed E-state index contributed by atoms with van der Waals surface area (Å²) in [6.45, 7) is 6.23. The molecule has 2 amide bonds. The van der Waals surface area contributed by atoms with Crippen LogP contribution in [0.1, 0.15) is 55.6 Å². The maximum absolute atomic E-state index is 14.6. The van der Waals surface area contributed by atoms with Gasteiger partial charge in [0.1, 0.15) is 17.1 Å².